The largest absolute Gasteiger partial charge is 0.243 e. The Morgan fingerprint density at radius 3 is 2.19 bits per heavy atom. The van der Waals surface area contributed by atoms with Crippen LogP contribution in [0.15, 0.2) is 29.2 Å². The molecule has 1 aromatic carbocycles. The Kier molecular flexibility index (Phi) is 6.08. The number of benzene rings is 1. The van der Waals surface area contributed by atoms with Gasteiger partial charge in [0.2, 0.25) is 10.0 Å². The van der Waals surface area contributed by atoms with Crippen LogP contribution in [0.1, 0.15) is 44.1 Å². The maximum Gasteiger partial charge on any atom is 0.243 e. The third-order valence-electron chi connectivity index (χ3n) is 4.32. The second kappa shape index (κ2) is 7.61. The van der Waals surface area contributed by atoms with Crippen LogP contribution in [0.3, 0.4) is 0 Å². The lowest BCUT2D eigenvalue weighted by atomic mass is 10.1. The van der Waals surface area contributed by atoms with E-state index in [1.807, 2.05) is 12.1 Å². The average Bonchev–Trinajstić information content (AvgIpc) is 2.76. The first kappa shape index (κ1) is 16.8. The van der Waals surface area contributed by atoms with Crippen molar-refractivity contribution in [2.45, 2.75) is 55.9 Å². The number of nitrogens with zero attached hydrogens (tertiary/aromatic N) is 1. The first-order valence-corrected chi connectivity index (χ1v) is 9.66. The normalized spacial score (nSPS) is 17.9. The summed E-state index contributed by atoms with van der Waals surface area (Å²) in [6.45, 7) is 0. The fourth-order valence-corrected chi connectivity index (χ4v) is 4.56. The fourth-order valence-electron chi connectivity index (χ4n) is 2.92. The zero-order valence-electron chi connectivity index (χ0n) is 12.6. The lowest BCUT2D eigenvalue weighted by Crippen LogP contribution is -2.36. The molecule has 1 aromatic rings. The van der Waals surface area contributed by atoms with Crippen molar-refractivity contribution in [1.29, 1.82) is 0 Å². The molecule has 0 unspecified atom stereocenters. The fraction of sp³-hybridized carbons (Fsp3) is 0.625. The van der Waals surface area contributed by atoms with E-state index in [2.05, 4.69) is 0 Å². The summed E-state index contributed by atoms with van der Waals surface area (Å²) in [7, 11) is -1.67. The highest BCUT2D eigenvalue weighted by atomic mass is 35.5. The van der Waals surface area contributed by atoms with Gasteiger partial charge in [-0.05, 0) is 37.0 Å². The van der Waals surface area contributed by atoms with Crippen LogP contribution in [-0.2, 0) is 16.4 Å². The predicted molar refractivity (Wildman–Crippen MR) is 87.3 cm³/mol. The topological polar surface area (TPSA) is 37.4 Å². The smallest absolute Gasteiger partial charge is 0.207 e. The van der Waals surface area contributed by atoms with Gasteiger partial charge < -0.3 is 0 Å². The molecule has 21 heavy (non-hydrogen) atoms. The molecule has 0 saturated heterocycles. The van der Waals surface area contributed by atoms with Crippen LogP contribution in [-0.4, -0.2) is 31.7 Å². The van der Waals surface area contributed by atoms with E-state index >= 15 is 0 Å². The van der Waals surface area contributed by atoms with Crippen molar-refractivity contribution in [2.75, 3.05) is 12.9 Å². The van der Waals surface area contributed by atoms with E-state index in [9.17, 15) is 8.42 Å². The summed E-state index contributed by atoms with van der Waals surface area (Å²) < 4.78 is 27.0. The highest BCUT2D eigenvalue weighted by molar-refractivity contribution is 7.89. The number of halogens is 1. The lowest BCUT2D eigenvalue weighted by molar-refractivity contribution is 0.335. The van der Waals surface area contributed by atoms with Gasteiger partial charge >= 0.3 is 0 Å². The molecule has 0 aliphatic heterocycles. The Hall–Kier alpha value is -0.580. The molecule has 0 atom stereocenters. The molecule has 1 aliphatic rings. The van der Waals surface area contributed by atoms with Gasteiger partial charge in [-0.1, -0.05) is 37.8 Å². The summed E-state index contributed by atoms with van der Waals surface area (Å²) in [4.78, 5) is 0.382. The highest BCUT2D eigenvalue weighted by Gasteiger charge is 2.28. The summed E-state index contributed by atoms with van der Waals surface area (Å²) >= 11 is 5.71. The van der Waals surface area contributed by atoms with Gasteiger partial charge in [-0.3, -0.25) is 0 Å². The van der Waals surface area contributed by atoms with E-state index in [-0.39, 0.29) is 6.04 Å². The van der Waals surface area contributed by atoms with Gasteiger partial charge in [-0.25, -0.2) is 8.42 Å². The number of hydrogen-bond donors (Lipinski definition) is 0. The van der Waals surface area contributed by atoms with Crippen LogP contribution >= 0.6 is 11.6 Å². The molecular weight excluding hydrogens is 306 g/mol. The van der Waals surface area contributed by atoms with Gasteiger partial charge in [-0.15, -0.1) is 11.6 Å². The number of aryl methyl sites for hydroxylation is 1. The predicted octanol–water partition coefficient (Wildman–Crippen LogP) is 3.81. The Balaban J connectivity index is 2.15. The second-order valence-corrected chi connectivity index (χ2v) is 8.13. The van der Waals surface area contributed by atoms with Crippen LogP contribution in [0, 0.1) is 0 Å². The average molecular weight is 330 g/mol. The van der Waals surface area contributed by atoms with Gasteiger partial charge in [-0.2, -0.15) is 4.31 Å². The first-order chi connectivity index (χ1) is 10.1. The summed E-state index contributed by atoms with van der Waals surface area (Å²) in [6, 6.07) is 7.25. The van der Waals surface area contributed by atoms with E-state index in [4.69, 9.17) is 11.6 Å². The molecule has 0 amide bonds. The Morgan fingerprint density at radius 1 is 1.10 bits per heavy atom. The first-order valence-electron chi connectivity index (χ1n) is 7.68. The zero-order valence-corrected chi connectivity index (χ0v) is 14.2. The van der Waals surface area contributed by atoms with Crippen LogP contribution in [0.2, 0.25) is 0 Å². The van der Waals surface area contributed by atoms with Crippen LogP contribution < -0.4 is 0 Å². The van der Waals surface area contributed by atoms with E-state index in [1.165, 1.54) is 12.8 Å². The van der Waals surface area contributed by atoms with Crippen molar-refractivity contribution in [2.24, 2.45) is 0 Å². The minimum atomic E-state index is -3.39. The molecule has 0 aromatic heterocycles. The zero-order chi connectivity index (χ0) is 15.3. The van der Waals surface area contributed by atoms with Gasteiger partial charge in [0.1, 0.15) is 0 Å². The summed E-state index contributed by atoms with van der Waals surface area (Å²) in [5.41, 5.74) is 1.07. The molecular formula is C16H24ClNO2S. The summed E-state index contributed by atoms with van der Waals surface area (Å²) in [6.07, 6.45) is 7.40. The molecule has 0 spiro atoms. The Labute approximate surface area is 133 Å². The van der Waals surface area contributed by atoms with Gasteiger partial charge in [0.05, 0.1) is 4.90 Å². The van der Waals surface area contributed by atoms with Gasteiger partial charge in [0, 0.05) is 19.0 Å². The summed E-state index contributed by atoms with van der Waals surface area (Å²) in [5.74, 6) is 0.550. The van der Waals surface area contributed by atoms with Crippen molar-refractivity contribution in [3.8, 4) is 0 Å². The molecule has 0 heterocycles. The molecule has 0 bridgehead atoms. The Morgan fingerprint density at radius 2 is 1.67 bits per heavy atom. The molecule has 3 nitrogen and oxygen atoms in total. The van der Waals surface area contributed by atoms with Crippen molar-refractivity contribution >= 4 is 21.6 Å². The third kappa shape index (κ3) is 4.21. The molecule has 1 aliphatic carbocycles. The van der Waals surface area contributed by atoms with Gasteiger partial charge in [0.15, 0.2) is 0 Å². The van der Waals surface area contributed by atoms with Crippen LogP contribution in [0.5, 0.6) is 0 Å². The third-order valence-corrected chi connectivity index (χ3v) is 6.44. The maximum absolute atomic E-state index is 12.7. The van der Waals surface area contributed by atoms with Crippen molar-refractivity contribution in [3.63, 3.8) is 0 Å². The standard InChI is InChI=1S/C16H24ClNO2S/c1-18(15-6-4-2-3-5-7-15)21(19,20)16-10-8-14(9-11-16)12-13-17/h8-11,15H,2-7,12-13H2,1H3. The van der Waals surface area contributed by atoms with E-state index in [0.29, 0.717) is 10.8 Å². The van der Waals surface area contributed by atoms with Crippen molar-refractivity contribution in [3.05, 3.63) is 29.8 Å². The van der Waals surface area contributed by atoms with E-state index in [0.717, 1.165) is 37.7 Å². The van der Waals surface area contributed by atoms with Crippen molar-refractivity contribution < 1.29 is 8.42 Å². The minimum absolute atomic E-state index is 0.139. The molecule has 1 fully saturated rings. The maximum atomic E-state index is 12.7. The van der Waals surface area contributed by atoms with Gasteiger partial charge in [0.25, 0.3) is 0 Å². The lowest BCUT2D eigenvalue weighted by Gasteiger charge is -2.26. The minimum Gasteiger partial charge on any atom is -0.207 e. The molecule has 1 saturated carbocycles. The van der Waals surface area contributed by atoms with E-state index in [1.54, 1.807) is 23.5 Å². The van der Waals surface area contributed by atoms with Crippen LogP contribution in [0.25, 0.3) is 0 Å². The molecule has 2 rings (SSSR count). The van der Waals surface area contributed by atoms with E-state index < -0.39 is 10.0 Å². The second-order valence-electron chi connectivity index (χ2n) is 5.75. The molecule has 0 radical (unpaired) electrons. The number of sulfonamides is 1. The highest BCUT2D eigenvalue weighted by Crippen LogP contribution is 2.26. The quantitative estimate of drug-likeness (QED) is 0.608. The molecule has 0 N–H and O–H groups in total. The van der Waals surface area contributed by atoms with Crippen molar-refractivity contribution in [1.82, 2.24) is 4.31 Å². The number of alkyl halides is 1. The monoisotopic (exact) mass is 329 g/mol. The number of hydrogen-bond acceptors (Lipinski definition) is 2. The Bertz CT molecular complexity index is 534. The summed E-state index contributed by atoms with van der Waals surface area (Å²) in [5, 5.41) is 0. The molecule has 118 valence electrons. The molecule has 5 heteroatoms. The number of rotatable bonds is 5. The van der Waals surface area contributed by atoms with Crippen LogP contribution in [0.4, 0.5) is 0 Å². The SMILES string of the molecule is CN(C1CCCCCC1)S(=O)(=O)c1ccc(CCCl)cc1.